The van der Waals surface area contributed by atoms with E-state index >= 15 is 0 Å². The zero-order valence-corrected chi connectivity index (χ0v) is 12.3. The summed E-state index contributed by atoms with van der Waals surface area (Å²) < 4.78 is 5.26. The van der Waals surface area contributed by atoms with Gasteiger partial charge in [0.15, 0.2) is 0 Å². The van der Waals surface area contributed by atoms with Crippen LogP contribution in [0.1, 0.15) is 36.8 Å². The molecule has 0 saturated heterocycles. The lowest BCUT2D eigenvalue weighted by molar-refractivity contribution is -0.153. The van der Waals surface area contributed by atoms with E-state index in [1.54, 1.807) is 24.3 Å². The molecular formula is C16H18N2O3. The second-order valence-electron chi connectivity index (χ2n) is 5.84. The smallest absolute Gasteiger partial charge is 0.312 e. The van der Waals surface area contributed by atoms with Gasteiger partial charge in [0.25, 0.3) is 0 Å². The minimum absolute atomic E-state index is 0.116. The molecule has 1 aromatic heterocycles. The van der Waals surface area contributed by atoms with Gasteiger partial charge < -0.3 is 10.5 Å². The molecule has 0 unspecified atom stereocenters. The lowest BCUT2D eigenvalue weighted by atomic mass is 10.1. The van der Waals surface area contributed by atoms with Gasteiger partial charge >= 0.3 is 5.97 Å². The molecule has 2 rings (SSSR count). The topological polar surface area (TPSA) is 82.3 Å². The third-order valence-electron chi connectivity index (χ3n) is 2.78. The maximum atomic E-state index is 11.8. The average Bonchev–Trinajstić information content (AvgIpc) is 2.35. The van der Waals surface area contributed by atoms with E-state index in [9.17, 15) is 9.59 Å². The molecule has 0 aliphatic rings. The standard InChI is InChI=1S/C16H18N2O3/c1-16(2,3)21-14(19)9-12-6-4-10-8-11(15(17)20)5-7-13(10)18-12/h4-8H,9H2,1-3H3,(H2,17,20). The van der Waals surface area contributed by atoms with Crippen LogP contribution in [0.5, 0.6) is 0 Å². The number of carbonyl (C=O) groups excluding carboxylic acids is 2. The lowest BCUT2D eigenvalue weighted by Crippen LogP contribution is -2.25. The maximum absolute atomic E-state index is 11.8. The molecule has 1 heterocycles. The summed E-state index contributed by atoms with van der Waals surface area (Å²) in [7, 11) is 0. The lowest BCUT2D eigenvalue weighted by Gasteiger charge is -2.19. The van der Waals surface area contributed by atoms with Gasteiger partial charge in [0.05, 0.1) is 17.6 Å². The first-order chi connectivity index (χ1) is 9.74. The first kappa shape index (κ1) is 15.0. The van der Waals surface area contributed by atoms with Gasteiger partial charge in [0, 0.05) is 10.9 Å². The molecule has 0 atom stereocenters. The number of carbonyl (C=O) groups is 2. The van der Waals surface area contributed by atoms with E-state index in [4.69, 9.17) is 10.5 Å². The molecule has 21 heavy (non-hydrogen) atoms. The fourth-order valence-corrected chi connectivity index (χ4v) is 1.94. The van der Waals surface area contributed by atoms with E-state index in [-0.39, 0.29) is 12.4 Å². The summed E-state index contributed by atoms with van der Waals surface area (Å²) in [5.74, 6) is -0.794. The molecule has 0 radical (unpaired) electrons. The van der Waals surface area contributed by atoms with Crippen LogP contribution < -0.4 is 5.73 Å². The van der Waals surface area contributed by atoms with E-state index in [1.807, 2.05) is 26.8 Å². The van der Waals surface area contributed by atoms with Crippen LogP contribution in [0, 0.1) is 0 Å². The zero-order valence-electron chi connectivity index (χ0n) is 12.3. The Hall–Kier alpha value is -2.43. The number of benzene rings is 1. The SMILES string of the molecule is CC(C)(C)OC(=O)Cc1ccc2cc(C(N)=O)ccc2n1. The van der Waals surface area contributed by atoms with Crippen molar-refractivity contribution in [2.24, 2.45) is 5.73 Å². The van der Waals surface area contributed by atoms with Crippen molar-refractivity contribution < 1.29 is 14.3 Å². The number of fused-ring (bicyclic) bond motifs is 1. The van der Waals surface area contributed by atoms with Crippen LogP contribution in [0.15, 0.2) is 30.3 Å². The molecule has 0 aliphatic heterocycles. The van der Waals surface area contributed by atoms with Crippen molar-refractivity contribution in [3.05, 3.63) is 41.6 Å². The van der Waals surface area contributed by atoms with Crippen molar-refractivity contribution in [2.75, 3.05) is 0 Å². The molecule has 0 fully saturated rings. The van der Waals surface area contributed by atoms with Crippen molar-refractivity contribution in [1.29, 1.82) is 0 Å². The van der Waals surface area contributed by atoms with Crippen LogP contribution in [0.4, 0.5) is 0 Å². The predicted molar refractivity (Wildman–Crippen MR) is 79.8 cm³/mol. The molecule has 5 heteroatoms. The Balaban J connectivity index is 2.22. The minimum Gasteiger partial charge on any atom is -0.460 e. The number of ether oxygens (including phenoxy) is 1. The number of amides is 1. The number of primary amides is 1. The molecule has 0 spiro atoms. The molecule has 2 aromatic rings. The summed E-state index contributed by atoms with van der Waals surface area (Å²) in [6.45, 7) is 5.47. The summed E-state index contributed by atoms with van der Waals surface area (Å²) in [6.07, 6.45) is 0.116. The summed E-state index contributed by atoms with van der Waals surface area (Å²) in [5, 5.41) is 0.805. The van der Waals surface area contributed by atoms with Crippen molar-refractivity contribution in [1.82, 2.24) is 4.98 Å². The summed E-state index contributed by atoms with van der Waals surface area (Å²) in [6, 6.07) is 8.58. The van der Waals surface area contributed by atoms with Gasteiger partial charge in [-0.25, -0.2) is 0 Å². The van der Waals surface area contributed by atoms with Crippen molar-refractivity contribution in [2.45, 2.75) is 32.8 Å². The molecule has 2 N–H and O–H groups in total. The minimum atomic E-state index is -0.510. The van der Waals surface area contributed by atoms with Crippen LogP contribution in [0.2, 0.25) is 0 Å². The third-order valence-corrected chi connectivity index (χ3v) is 2.78. The molecule has 0 saturated carbocycles. The van der Waals surface area contributed by atoms with E-state index in [0.29, 0.717) is 16.8 Å². The molecule has 1 amide bonds. The highest BCUT2D eigenvalue weighted by atomic mass is 16.6. The first-order valence-corrected chi connectivity index (χ1v) is 6.66. The van der Waals surface area contributed by atoms with E-state index < -0.39 is 11.5 Å². The summed E-state index contributed by atoms with van der Waals surface area (Å²) >= 11 is 0. The Bertz CT molecular complexity index is 702. The number of hydrogen-bond donors (Lipinski definition) is 1. The number of hydrogen-bond acceptors (Lipinski definition) is 4. The highest BCUT2D eigenvalue weighted by Gasteiger charge is 2.17. The van der Waals surface area contributed by atoms with Gasteiger partial charge in [-0.05, 0) is 45.0 Å². The molecule has 1 aromatic carbocycles. The van der Waals surface area contributed by atoms with Gasteiger partial charge in [-0.2, -0.15) is 0 Å². The number of rotatable bonds is 3. The number of pyridine rings is 1. The number of esters is 1. The van der Waals surface area contributed by atoms with Crippen molar-refractivity contribution in [3.8, 4) is 0 Å². The van der Waals surface area contributed by atoms with Crippen LogP contribution >= 0.6 is 0 Å². The summed E-state index contributed by atoms with van der Waals surface area (Å²) in [4.78, 5) is 27.3. The molecular weight excluding hydrogens is 268 g/mol. The molecule has 110 valence electrons. The van der Waals surface area contributed by atoms with E-state index in [2.05, 4.69) is 4.98 Å². The van der Waals surface area contributed by atoms with Gasteiger partial charge in [-0.3, -0.25) is 14.6 Å². The van der Waals surface area contributed by atoms with E-state index in [1.165, 1.54) is 0 Å². The van der Waals surface area contributed by atoms with Gasteiger partial charge in [0.1, 0.15) is 5.60 Å². The molecule has 0 aliphatic carbocycles. The Kier molecular flexibility index (Phi) is 3.93. The van der Waals surface area contributed by atoms with Crippen molar-refractivity contribution in [3.63, 3.8) is 0 Å². The largest absolute Gasteiger partial charge is 0.460 e. The fraction of sp³-hybridized carbons (Fsp3) is 0.312. The Morgan fingerprint density at radius 1 is 1.19 bits per heavy atom. The predicted octanol–water partition coefficient (Wildman–Crippen LogP) is 2.22. The van der Waals surface area contributed by atoms with Crippen LogP contribution in [0.3, 0.4) is 0 Å². The second-order valence-corrected chi connectivity index (χ2v) is 5.84. The van der Waals surface area contributed by atoms with Gasteiger partial charge in [0.2, 0.25) is 5.91 Å². The Morgan fingerprint density at radius 3 is 2.52 bits per heavy atom. The van der Waals surface area contributed by atoms with Crippen LogP contribution in [-0.2, 0) is 16.0 Å². The summed E-state index contributed by atoms with van der Waals surface area (Å²) in [5.41, 5.74) is 6.50. The average molecular weight is 286 g/mol. The number of nitrogens with zero attached hydrogens (tertiary/aromatic N) is 1. The highest BCUT2D eigenvalue weighted by molar-refractivity contribution is 5.96. The highest BCUT2D eigenvalue weighted by Crippen LogP contribution is 2.16. The van der Waals surface area contributed by atoms with E-state index in [0.717, 1.165) is 5.39 Å². The third kappa shape index (κ3) is 4.02. The molecule has 0 bridgehead atoms. The molecule has 5 nitrogen and oxygen atoms in total. The van der Waals surface area contributed by atoms with Gasteiger partial charge in [-0.15, -0.1) is 0 Å². The quantitative estimate of drug-likeness (QED) is 0.877. The number of nitrogens with two attached hydrogens (primary N) is 1. The first-order valence-electron chi connectivity index (χ1n) is 6.66. The monoisotopic (exact) mass is 286 g/mol. The Labute approximate surface area is 123 Å². The fourth-order valence-electron chi connectivity index (χ4n) is 1.94. The van der Waals surface area contributed by atoms with Crippen molar-refractivity contribution >= 4 is 22.8 Å². The maximum Gasteiger partial charge on any atom is 0.312 e. The second kappa shape index (κ2) is 5.52. The number of aromatic nitrogens is 1. The van der Waals surface area contributed by atoms with Crippen LogP contribution in [0.25, 0.3) is 10.9 Å². The zero-order chi connectivity index (χ0) is 15.6. The Morgan fingerprint density at radius 2 is 1.90 bits per heavy atom. The van der Waals surface area contributed by atoms with Gasteiger partial charge in [-0.1, -0.05) is 6.07 Å². The van der Waals surface area contributed by atoms with Crippen LogP contribution in [-0.4, -0.2) is 22.5 Å². The normalized spacial score (nSPS) is 11.4.